The molecule has 1 aliphatic rings. The number of halogens is 2. The summed E-state index contributed by atoms with van der Waals surface area (Å²) in [6.07, 6.45) is 2.45. The van der Waals surface area contributed by atoms with Crippen molar-refractivity contribution in [2.45, 2.75) is 18.9 Å². The zero-order chi connectivity index (χ0) is 18.8. The minimum atomic E-state index is -0.834. The molecule has 1 saturated heterocycles. The number of benzene rings is 1. The fourth-order valence-electron chi connectivity index (χ4n) is 3.44. The molecule has 0 aliphatic carbocycles. The summed E-state index contributed by atoms with van der Waals surface area (Å²) in [6.45, 7) is 1.69. The van der Waals surface area contributed by atoms with Crippen LogP contribution in [0.4, 0.5) is 8.78 Å². The molecule has 0 bridgehead atoms. The van der Waals surface area contributed by atoms with E-state index < -0.39 is 11.6 Å². The summed E-state index contributed by atoms with van der Waals surface area (Å²) in [5.74, 6) is -1.13. The first-order valence-electron chi connectivity index (χ1n) is 8.78. The van der Waals surface area contributed by atoms with Crippen LogP contribution in [0, 0.1) is 11.6 Å². The van der Waals surface area contributed by atoms with Gasteiger partial charge in [-0.2, -0.15) is 0 Å². The molecule has 27 heavy (non-hydrogen) atoms. The van der Waals surface area contributed by atoms with Gasteiger partial charge in [-0.1, -0.05) is 18.2 Å². The van der Waals surface area contributed by atoms with Gasteiger partial charge in [-0.05, 0) is 31.2 Å². The Balaban J connectivity index is 1.53. The van der Waals surface area contributed by atoms with Gasteiger partial charge in [-0.25, -0.2) is 13.8 Å². The number of hydrogen-bond donors (Lipinski definition) is 1. The average Bonchev–Trinajstić information content (AvgIpc) is 3.14. The maximum absolute atomic E-state index is 13.9. The van der Waals surface area contributed by atoms with Crippen LogP contribution >= 0.6 is 0 Å². The maximum Gasteiger partial charge on any atom is 0.251 e. The first-order chi connectivity index (χ1) is 13.1. The third kappa shape index (κ3) is 3.78. The minimum absolute atomic E-state index is 0.0615. The second-order valence-corrected chi connectivity index (χ2v) is 6.67. The number of pyridine rings is 1. The van der Waals surface area contributed by atoms with E-state index in [4.69, 9.17) is 0 Å². The fraction of sp³-hybridized carbons (Fsp3) is 0.250. The summed E-state index contributed by atoms with van der Waals surface area (Å²) in [4.78, 5) is 25.6. The smallest absolute Gasteiger partial charge is 0.251 e. The molecule has 1 aliphatic heterocycles. The van der Waals surface area contributed by atoms with Gasteiger partial charge < -0.3 is 4.98 Å². The monoisotopic (exact) mass is 368 g/mol. The number of aromatic nitrogens is 3. The van der Waals surface area contributed by atoms with Crippen molar-refractivity contribution in [1.82, 2.24) is 19.9 Å². The predicted molar refractivity (Wildman–Crippen MR) is 97.1 cm³/mol. The van der Waals surface area contributed by atoms with E-state index in [1.54, 1.807) is 24.4 Å². The number of nitrogens with one attached hydrogen (secondary N) is 1. The standard InChI is InChI=1S/C20H18F2N4O/c21-15-5-3-4-14(19(15)22)12-26-9-7-13(11-26)17-10-18(27)25-20(24-17)16-6-1-2-8-23-16/h1-6,8,10,13H,7,9,11-12H2,(H,24,25,27)/t13-/m0/s1. The van der Waals surface area contributed by atoms with Gasteiger partial charge in [-0.3, -0.25) is 14.7 Å². The highest BCUT2D eigenvalue weighted by atomic mass is 19.2. The lowest BCUT2D eigenvalue weighted by Gasteiger charge is -2.16. The molecule has 3 heterocycles. The van der Waals surface area contributed by atoms with Gasteiger partial charge in [0, 0.05) is 36.8 Å². The summed E-state index contributed by atoms with van der Waals surface area (Å²) < 4.78 is 27.3. The van der Waals surface area contributed by atoms with Crippen LogP contribution in [0.5, 0.6) is 0 Å². The maximum atomic E-state index is 13.9. The quantitative estimate of drug-likeness (QED) is 0.769. The molecule has 1 atom stereocenters. The van der Waals surface area contributed by atoms with Crippen LogP contribution < -0.4 is 5.56 Å². The van der Waals surface area contributed by atoms with E-state index >= 15 is 0 Å². The van der Waals surface area contributed by atoms with Crippen molar-refractivity contribution in [2.75, 3.05) is 13.1 Å². The summed E-state index contributed by atoms with van der Waals surface area (Å²) in [6, 6.07) is 11.1. The number of likely N-dealkylation sites (tertiary alicyclic amines) is 1. The van der Waals surface area contributed by atoms with Crippen molar-refractivity contribution < 1.29 is 8.78 Å². The van der Waals surface area contributed by atoms with E-state index in [0.29, 0.717) is 35.9 Å². The van der Waals surface area contributed by atoms with Gasteiger partial charge in [0.25, 0.3) is 5.56 Å². The lowest BCUT2D eigenvalue weighted by Crippen LogP contribution is -2.21. The highest BCUT2D eigenvalue weighted by Crippen LogP contribution is 2.27. The molecule has 1 fully saturated rings. The molecule has 0 radical (unpaired) electrons. The van der Waals surface area contributed by atoms with E-state index in [9.17, 15) is 13.6 Å². The molecule has 138 valence electrons. The largest absolute Gasteiger partial charge is 0.305 e. The van der Waals surface area contributed by atoms with Gasteiger partial charge in [0.2, 0.25) is 0 Å². The van der Waals surface area contributed by atoms with Crippen molar-refractivity contribution in [3.05, 3.63) is 81.9 Å². The van der Waals surface area contributed by atoms with Crippen molar-refractivity contribution >= 4 is 0 Å². The van der Waals surface area contributed by atoms with Gasteiger partial charge in [0.05, 0.1) is 5.69 Å². The van der Waals surface area contributed by atoms with Gasteiger partial charge in [-0.15, -0.1) is 0 Å². The fourth-order valence-corrected chi connectivity index (χ4v) is 3.44. The molecule has 0 saturated carbocycles. The van der Waals surface area contributed by atoms with Crippen molar-refractivity contribution in [3.8, 4) is 11.5 Å². The Hall–Kier alpha value is -2.93. The minimum Gasteiger partial charge on any atom is -0.305 e. The molecule has 1 N–H and O–H groups in total. The second-order valence-electron chi connectivity index (χ2n) is 6.67. The lowest BCUT2D eigenvalue weighted by atomic mass is 10.0. The lowest BCUT2D eigenvalue weighted by molar-refractivity contribution is 0.318. The summed E-state index contributed by atoms with van der Waals surface area (Å²) in [5, 5.41) is 0. The average molecular weight is 368 g/mol. The molecule has 1 aromatic carbocycles. The molecule has 5 nitrogen and oxygen atoms in total. The van der Waals surface area contributed by atoms with Gasteiger partial charge in [0.1, 0.15) is 5.69 Å². The van der Waals surface area contributed by atoms with Crippen LogP contribution in [-0.2, 0) is 6.54 Å². The Morgan fingerprint density at radius 2 is 2.07 bits per heavy atom. The molecule has 7 heteroatoms. The highest BCUT2D eigenvalue weighted by molar-refractivity contribution is 5.48. The Kier molecular flexibility index (Phi) is 4.77. The molecule has 0 spiro atoms. The summed E-state index contributed by atoms with van der Waals surface area (Å²) in [5.41, 5.74) is 1.41. The summed E-state index contributed by atoms with van der Waals surface area (Å²) >= 11 is 0. The number of hydrogen-bond acceptors (Lipinski definition) is 4. The van der Waals surface area contributed by atoms with Gasteiger partial charge in [0.15, 0.2) is 17.5 Å². The number of nitrogens with zero attached hydrogens (tertiary/aromatic N) is 3. The van der Waals surface area contributed by atoms with E-state index in [2.05, 4.69) is 15.0 Å². The molecule has 4 rings (SSSR count). The molecule has 0 amide bonds. The van der Waals surface area contributed by atoms with E-state index in [-0.39, 0.29) is 11.5 Å². The molecule has 0 unspecified atom stereocenters. The molecular formula is C20H18F2N4O. The van der Waals surface area contributed by atoms with Crippen LogP contribution in [0.1, 0.15) is 23.6 Å². The highest BCUT2D eigenvalue weighted by Gasteiger charge is 2.26. The number of H-pyrrole nitrogens is 1. The van der Waals surface area contributed by atoms with Crippen LogP contribution in [-0.4, -0.2) is 32.9 Å². The number of rotatable bonds is 4. The van der Waals surface area contributed by atoms with E-state index in [1.807, 2.05) is 11.0 Å². The van der Waals surface area contributed by atoms with Crippen LogP contribution in [0.25, 0.3) is 11.5 Å². The number of aromatic amines is 1. The Labute approximate surface area is 154 Å². The van der Waals surface area contributed by atoms with Gasteiger partial charge >= 0.3 is 0 Å². The topological polar surface area (TPSA) is 61.9 Å². The third-order valence-electron chi connectivity index (χ3n) is 4.79. The first-order valence-corrected chi connectivity index (χ1v) is 8.78. The van der Waals surface area contributed by atoms with Crippen LogP contribution in [0.3, 0.4) is 0 Å². The first kappa shape index (κ1) is 17.5. The van der Waals surface area contributed by atoms with Crippen LogP contribution in [0.2, 0.25) is 0 Å². The third-order valence-corrected chi connectivity index (χ3v) is 4.79. The normalized spacial score (nSPS) is 17.3. The Morgan fingerprint density at radius 1 is 1.19 bits per heavy atom. The SMILES string of the molecule is O=c1cc([C@H]2CCN(Cc3cccc(F)c3F)C2)nc(-c2ccccn2)[nH]1. The molecule has 2 aromatic heterocycles. The second kappa shape index (κ2) is 7.36. The molecule has 3 aromatic rings. The van der Waals surface area contributed by atoms with Crippen LogP contribution in [0.15, 0.2) is 53.5 Å². The Morgan fingerprint density at radius 3 is 2.89 bits per heavy atom. The van der Waals surface area contributed by atoms with Crippen molar-refractivity contribution in [1.29, 1.82) is 0 Å². The van der Waals surface area contributed by atoms with Crippen molar-refractivity contribution in [2.24, 2.45) is 0 Å². The predicted octanol–water partition coefficient (Wildman–Crippen LogP) is 3.10. The zero-order valence-electron chi connectivity index (χ0n) is 14.5. The molecular weight excluding hydrogens is 350 g/mol. The summed E-state index contributed by atoms with van der Waals surface area (Å²) in [7, 11) is 0. The van der Waals surface area contributed by atoms with Crippen molar-refractivity contribution in [3.63, 3.8) is 0 Å². The zero-order valence-corrected chi connectivity index (χ0v) is 14.5. The van der Waals surface area contributed by atoms with E-state index in [0.717, 1.165) is 19.0 Å². The van der Waals surface area contributed by atoms with E-state index in [1.165, 1.54) is 12.1 Å². The Bertz CT molecular complexity index is 1010.